The summed E-state index contributed by atoms with van der Waals surface area (Å²) in [5.74, 6) is 0.398. The van der Waals surface area contributed by atoms with Crippen molar-refractivity contribution in [3.63, 3.8) is 0 Å². The van der Waals surface area contributed by atoms with Crippen molar-refractivity contribution < 1.29 is 9.59 Å². The molecule has 0 unspecified atom stereocenters. The molecule has 0 radical (unpaired) electrons. The minimum atomic E-state index is -0.250. The molecule has 2 nitrogen and oxygen atoms in total. The van der Waals surface area contributed by atoms with E-state index in [1.807, 2.05) is 13.8 Å². The van der Waals surface area contributed by atoms with Crippen molar-refractivity contribution in [3.05, 3.63) is 0 Å². The molecule has 0 atom stereocenters. The maximum atomic E-state index is 11.3. The topological polar surface area (TPSA) is 34.1 Å². The molecule has 2 heteroatoms. The van der Waals surface area contributed by atoms with Gasteiger partial charge in [0.05, 0.1) is 5.92 Å². The quantitative estimate of drug-likeness (QED) is 0.604. The molecule has 0 spiro atoms. The van der Waals surface area contributed by atoms with Crippen LogP contribution in [-0.2, 0) is 9.59 Å². The molecule has 0 heterocycles. The van der Waals surface area contributed by atoms with Crippen molar-refractivity contribution in [2.75, 3.05) is 0 Å². The van der Waals surface area contributed by atoms with Crippen LogP contribution in [0.25, 0.3) is 0 Å². The Morgan fingerprint density at radius 2 is 1.58 bits per heavy atom. The SMILES string of the molecule is CCC(CC)C1C(=O)CCC1=O. The molecule has 0 aromatic heterocycles. The molecule has 1 saturated carbocycles. The van der Waals surface area contributed by atoms with E-state index >= 15 is 0 Å². The lowest BCUT2D eigenvalue weighted by Crippen LogP contribution is -2.23. The Hall–Kier alpha value is -0.660. The summed E-state index contributed by atoms with van der Waals surface area (Å²) in [5, 5.41) is 0. The zero-order chi connectivity index (χ0) is 9.14. The highest BCUT2D eigenvalue weighted by Gasteiger charge is 2.36. The summed E-state index contributed by atoms with van der Waals surface area (Å²) >= 11 is 0. The zero-order valence-corrected chi connectivity index (χ0v) is 7.80. The summed E-state index contributed by atoms with van der Waals surface area (Å²) in [6, 6.07) is 0. The Balaban J connectivity index is 2.70. The van der Waals surface area contributed by atoms with Gasteiger partial charge in [0.2, 0.25) is 0 Å². The van der Waals surface area contributed by atoms with E-state index in [1.165, 1.54) is 0 Å². The highest BCUT2D eigenvalue weighted by molar-refractivity contribution is 6.08. The summed E-state index contributed by atoms with van der Waals surface area (Å²) < 4.78 is 0. The van der Waals surface area contributed by atoms with Crippen molar-refractivity contribution in [2.24, 2.45) is 11.8 Å². The Bertz CT molecular complexity index is 176. The second-order valence-corrected chi connectivity index (χ2v) is 3.49. The molecule has 1 aliphatic carbocycles. The number of carbonyl (C=O) groups is 2. The maximum Gasteiger partial charge on any atom is 0.144 e. The molecule has 0 N–H and O–H groups in total. The number of ketones is 2. The third-order valence-electron chi connectivity index (χ3n) is 2.83. The van der Waals surface area contributed by atoms with Gasteiger partial charge in [-0.3, -0.25) is 9.59 Å². The molecular formula is C10H16O2. The number of carbonyl (C=O) groups excluding carboxylic acids is 2. The average Bonchev–Trinajstić information content (AvgIpc) is 2.38. The van der Waals surface area contributed by atoms with Gasteiger partial charge >= 0.3 is 0 Å². The normalized spacial score (nSPS) is 19.6. The van der Waals surface area contributed by atoms with E-state index < -0.39 is 0 Å². The van der Waals surface area contributed by atoms with E-state index in [1.54, 1.807) is 0 Å². The van der Waals surface area contributed by atoms with E-state index in [9.17, 15) is 9.59 Å². The fourth-order valence-corrected chi connectivity index (χ4v) is 2.02. The van der Waals surface area contributed by atoms with E-state index in [-0.39, 0.29) is 17.5 Å². The van der Waals surface area contributed by atoms with Gasteiger partial charge < -0.3 is 0 Å². The summed E-state index contributed by atoms with van der Waals surface area (Å²) in [6.45, 7) is 4.10. The van der Waals surface area contributed by atoms with Crippen LogP contribution in [0.2, 0.25) is 0 Å². The average molecular weight is 168 g/mol. The fraction of sp³-hybridized carbons (Fsp3) is 0.800. The minimum Gasteiger partial charge on any atom is -0.299 e. The highest BCUT2D eigenvalue weighted by Crippen LogP contribution is 2.29. The first-order valence-electron chi connectivity index (χ1n) is 4.76. The monoisotopic (exact) mass is 168 g/mol. The molecule has 0 amide bonds. The van der Waals surface area contributed by atoms with Crippen LogP contribution in [0.15, 0.2) is 0 Å². The van der Waals surface area contributed by atoms with Gasteiger partial charge in [-0.15, -0.1) is 0 Å². The molecule has 1 rings (SSSR count). The first-order valence-corrected chi connectivity index (χ1v) is 4.76. The third kappa shape index (κ3) is 1.57. The molecule has 1 fully saturated rings. The van der Waals surface area contributed by atoms with Crippen LogP contribution in [0.4, 0.5) is 0 Å². The zero-order valence-electron chi connectivity index (χ0n) is 7.80. The van der Waals surface area contributed by atoms with Gasteiger partial charge in [0.1, 0.15) is 11.6 Å². The lowest BCUT2D eigenvalue weighted by atomic mass is 9.85. The van der Waals surface area contributed by atoms with E-state index in [0.29, 0.717) is 18.8 Å². The van der Waals surface area contributed by atoms with Crippen molar-refractivity contribution >= 4 is 11.6 Å². The van der Waals surface area contributed by atoms with Crippen LogP contribution in [-0.4, -0.2) is 11.6 Å². The van der Waals surface area contributed by atoms with Gasteiger partial charge in [0, 0.05) is 12.8 Å². The summed E-state index contributed by atoms with van der Waals surface area (Å²) in [4.78, 5) is 22.6. The third-order valence-corrected chi connectivity index (χ3v) is 2.83. The Kier molecular flexibility index (Phi) is 3.01. The minimum absolute atomic E-state index is 0.175. The second-order valence-electron chi connectivity index (χ2n) is 3.49. The summed E-state index contributed by atoms with van der Waals surface area (Å²) in [7, 11) is 0. The van der Waals surface area contributed by atoms with Crippen LogP contribution in [0.1, 0.15) is 39.5 Å². The van der Waals surface area contributed by atoms with Crippen molar-refractivity contribution in [1.82, 2.24) is 0 Å². The number of hydrogen-bond donors (Lipinski definition) is 0. The summed E-state index contributed by atoms with van der Waals surface area (Å²) in [6.07, 6.45) is 2.86. The number of Topliss-reactive ketones (excluding diaryl/α,β-unsaturated/α-hetero) is 2. The van der Waals surface area contributed by atoms with Gasteiger partial charge in [-0.1, -0.05) is 26.7 Å². The van der Waals surface area contributed by atoms with E-state index in [2.05, 4.69) is 0 Å². The Labute approximate surface area is 73.3 Å². The maximum absolute atomic E-state index is 11.3. The molecule has 0 saturated heterocycles. The Morgan fingerprint density at radius 3 is 1.92 bits per heavy atom. The largest absolute Gasteiger partial charge is 0.299 e. The molecule has 1 aliphatic rings. The van der Waals surface area contributed by atoms with Crippen molar-refractivity contribution in [2.45, 2.75) is 39.5 Å². The van der Waals surface area contributed by atoms with Gasteiger partial charge in [0.25, 0.3) is 0 Å². The predicted octanol–water partition coefficient (Wildman–Crippen LogP) is 1.97. The van der Waals surface area contributed by atoms with Crippen LogP contribution in [0.5, 0.6) is 0 Å². The summed E-state index contributed by atoms with van der Waals surface area (Å²) in [5.41, 5.74) is 0. The van der Waals surface area contributed by atoms with Crippen LogP contribution in [0, 0.1) is 11.8 Å². The molecule has 0 aliphatic heterocycles. The van der Waals surface area contributed by atoms with E-state index in [4.69, 9.17) is 0 Å². The predicted molar refractivity (Wildman–Crippen MR) is 46.8 cm³/mol. The first kappa shape index (κ1) is 9.43. The van der Waals surface area contributed by atoms with Crippen molar-refractivity contribution in [3.8, 4) is 0 Å². The smallest absolute Gasteiger partial charge is 0.144 e. The molecule has 68 valence electrons. The van der Waals surface area contributed by atoms with Gasteiger partial charge in [-0.2, -0.15) is 0 Å². The number of rotatable bonds is 3. The van der Waals surface area contributed by atoms with Gasteiger partial charge in [0.15, 0.2) is 0 Å². The van der Waals surface area contributed by atoms with Crippen LogP contribution in [0.3, 0.4) is 0 Å². The highest BCUT2D eigenvalue weighted by atomic mass is 16.2. The van der Waals surface area contributed by atoms with Crippen LogP contribution < -0.4 is 0 Å². The van der Waals surface area contributed by atoms with E-state index in [0.717, 1.165) is 12.8 Å². The molecular weight excluding hydrogens is 152 g/mol. The molecule has 12 heavy (non-hydrogen) atoms. The van der Waals surface area contributed by atoms with Gasteiger partial charge in [-0.25, -0.2) is 0 Å². The fourth-order valence-electron chi connectivity index (χ4n) is 2.02. The first-order chi connectivity index (χ1) is 5.70. The van der Waals surface area contributed by atoms with Crippen molar-refractivity contribution in [1.29, 1.82) is 0 Å². The Morgan fingerprint density at radius 1 is 1.17 bits per heavy atom. The lowest BCUT2D eigenvalue weighted by molar-refractivity contribution is -0.129. The standard InChI is InChI=1S/C10H16O2/c1-3-7(4-2)10-8(11)5-6-9(10)12/h7,10H,3-6H2,1-2H3. The van der Waals surface area contributed by atoms with Gasteiger partial charge in [-0.05, 0) is 5.92 Å². The second kappa shape index (κ2) is 3.83. The number of hydrogen-bond acceptors (Lipinski definition) is 2. The lowest BCUT2D eigenvalue weighted by Gasteiger charge is -2.16. The molecule has 0 aromatic rings. The molecule has 0 bridgehead atoms. The van der Waals surface area contributed by atoms with Crippen LogP contribution >= 0.6 is 0 Å². The molecule has 0 aromatic carbocycles.